The van der Waals surface area contributed by atoms with Gasteiger partial charge in [-0.15, -0.1) is 0 Å². The summed E-state index contributed by atoms with van der Waals surface area (Å²) in [6.07, 6.45) is 8.92. The highest BCUT2D eigenvalue weighted by Crippen LogP contribution is 2.81. The molecule has 0 bridgehead atoms. The summed E-state index contributed by atoms with van der Waals surface area (Å²) in [5.74, 6) is 0. The summed E-state index contributed by atoms with van der Waals surface area (Å²) < 4.78 is 18.7. The van der Waals surface area contributed by atoms with Crippen LogP contribution in [0.3, 0.4) is 0 Å². The molecular weight excluding hydrogens is 285 g/mol. The van der Waals surface area contributed by atoms with Crippen molar-refractivity contribution in [2.24, 2.45) is 0 Å². The van der Waals surface area contributed by atoms with Crippen LogP contribution < -0.4 is 0 Å². The summed E-state index contributed by atoms with van der Waals surface area (Å²) in [6.45, 7) is 8.85. The van der Waals surface area contributed by atoms with E-state index in [1.165, 1.54) is 0 Å². The van der Waals surface area contributed by atoms with E-state index in [0.29, 0.717) is 0 Å². The van der Waals surface area contributed by atoms with Crippen LogP contribution in [0, 0.1) is 0 Å². The molecule has 1 fully saturated rings. The van der Waals surface area contributed by atoms with E-state index in [1.807, 2.05) is 0 Å². The van der Waals surface area contributed by atoms with Crippen molar-refractivity contribution in [1.82, 2.24) is 0 Å². The van der Waals surface area contributed by atoms with Crippen molar-refractivity contribution in [2.45, 2.75) is 53.4 Å². The van der Waals surface area contributed by atoms with Gasteiger partial charge in [0.1, 0.15) is 12.3 Å². The summed E-state index contributed by atoms with van der Waals surface area (Å²) in [4.78, 5) is 0. The molecule has 0 saturated carbocycles. The second-order valence-corrected chi connectivity index (χ2v) is 11.3. The quantitative estimate of drug-likeness (QED) is 0.502. The lowest BCUT2D eigenvalue weighted by Gasteiger charge is -2.35. The van der Waals surface area contributed by atoms with Crippen LogP contribution in [0.2, 0.25) is 0 Å². The van der Waals surface area contributed by atoms with Crippen molar-refractivity contribution >= 4 is 24.5 Å². The van der Waals surface area contributed by atoms with Crippen molar-refractivity contribution in [3.63, 3.8) is 0 Å². The van der Waals surface area contributed by atoms with Gasteiger partial charge in [-0.3, -0.25) is 4.31 Å². The Balaban J connectivity index is 2.72. The first-order valence-corrected chi connectivity index (χ1v) is 11.9. The average molecular weight is 313 g/mol. The van der Waals surface area contributed by atoms with Crippen LogP contribution in [0.15, 0.2) is 0 Å². The van der Waals surface area contributed by atoms with Crippen molar-refractivity contribution in [2.75, 3.05) is 24.6 Å². The van der Waals surface area contributed by atoms with Crippen LogP contribution in [0.25, 0.3) is 0 Å². The van der Waals surface area contributed by atoms with Gasteiger partial charge in [0, 0.05) is 12.3 Å². The molecule has 1 heterocycles. The molecule has 0 aromatic carbocycles. The number of hydrogen-bond acceptors (Lipinski definition) is 3. The fourth-order valence-corrected chi connectivity index (χ4v) is 11.5. The van der Waals surface area contributed by atoms with Crippen molar-refractivity contribution in [3.05, 3.63) is 0 Å². The maximum Gasteiger partial charge on any atom is 0.290 e. The van der Waals surface area contributed by atoms with Crippen LogP contribution in [0.1, 0.15) is 53.4 Å². The highest BCUT2D eigenvalue weighted by Gasteiger charge is 2.51. The highest BCUT2D eigenvalue weighted by atomic mass is 31.3. The molecule has 18 heavy (non-hydrogen) atoms. The Bertz CT molecular complexity index is 207. The minimum atomic E-state index is -1.63. The summed E-state index contributed by atoms with van der Waals surface area (Å²) in [7, 11) is -2.99. The van der Waals surface area contributed by atoms with Crippen LogP contribution in [0.4, 0.5) is 0 Å². The van der Waals surface area contributed by atoms with Crippen molar-refractivity contribution in [3.8, 4) is 0 Å². The van der Waals surface area contributed by atoms with Gasteiger partial charge in [0.2, 0.25) is 16.8 Å². The standard InChI is InChI=1S/C12H28O3P3/c1-5-9-16-13-17(10-6-2)15-18(14-16,11-7-3)12-8-4/h5-12H2,1-4H3/q+1. The minimum Gasteiger partial charge on any atom is -0.276 e. The zero-order chi connectivity index (χ0) is 13.4. The fraction of sp³-hybridized carbons (Fsp3) is 1.00. The van der Waals surface area contributed by atoms with E-state index in [1.54, 1.807) is 0 Å². The fourth-order valence-electron chi connectivity index (χ4n) is 1.96. The SMILES string of the molecule is CCCP1OP(CCC)O[P+](CCC)(CCC)O1. The topological polar surface area (TPSA) is 27.7 Å². The molecule has 2 unspecified atom stereocenters. The van der Waals surface area contributed by atoms with Gasteiger partial charge in [-0.1, -0.05) is 27.7 Å². The van der Waals surface area contributed by atoms with Crippen LogP contribution in [-0.2, 0) is 12.9 Å². The van der Waals surface area contributed by atoms with Crippen LogP contribution in [-0.4, -0.2) is 24.6 Å². The molecule has 0 aromatic heterocycles. The molecule has 0 amide bonds. The summed E-state index contributed by atoms with van der Waals surface area (Å²) >= 11 is 0. The lowest BCUT2D eigenvalue weighted by Crippen LogP contribution is -2.13. The zero-order valence-electron chi connectivity index (χ0n) is 12.2. The third kappa shape index (κ3) is 5.28. The van der Waals surface area contributed by atoms with E-state index >= 15 is 0 Å². The number of hydrogen-bond donors (Lipinski definition) is 0. The molecule has 1 aliphatic rings. The maximum absolute atomic E-state index is 6.32. The molecule has 2 atom stereocenters. The Labute approximate surface area is 116 Å². The van der Waals surface area contributed by atoms with E-state index in [2.05, 4.69) is 27.7 Å². The van der Waals surface area contributed by atoms with E-state index in [-0.39, 0.29) is 0 Å². The van der Waals surface area contributed by atoms with E-state index < -0.39 is 24.5 Å². The Kier molecular flexibility index (Phi) is 8.77. The van der Waals surface area contributed by atoms with Gasteiger partial charge in [0.05, 0.1) is 0 Å². The number of rotatable bonds is 8. The van der Waals surface area contributed by atoms with Gasteiger partial charge in [0.15, 0.2) is 0 Å². The maximum atomic E-state index is 6.32. The van der Waals surface area contributed by atoms with E-state index in [9.17, 15) is 0 Å². The molecule has 3 nitrogen and oxygen atoms in total. The molecule has 6 heteroatoms. The molecule has 1 aliphatic heterocycles. The summed E-state index contributed by atoms with van der Waals surface area (Å²) in [6, 6.07) is 0. The van der Waals surface area contributed by atoms with Gasteiger partial charge in [0.25, 0.3) is 7.72 Å². The second kappa shape index (κ2) is 9.17. The lowest BCUT2D eigenvalue weighted by atomic mass is 10.6. The summed E-state index contributed by atoms with van der Waals surface area (Å²) in [5, 5.41) is 0. The Morgan fingerprint density at radius 1 is 0.722 bits per heavy atom. The first-order valence-electron chi connectivity index (χ1n) is 7.19. The van der Waals surface area contributed by atoms with Gasteiger partial charge in [-0.2, -0.15) is 8.62 Å². The molecule has 0 spiro atoms. The molecule has 1 rings (SSSR count). The zero-order valence-corrected chi connectivity index (χ0v) is 14.9. The minimum absolute atomic E-state index is 0.680. The molecular formula is C12H28O3P3+. The monoisotopic (exact) mass is 313 g/mol. The van der Waals surface area contributed by atoms with E-state index in [0.717, 1.165) is 50.3 Å². The lowest BCUT2D eigenvalue weighted by molar-refractivity contribution is 0.392. The van der Waals surface area contributed by atoms with Crippen LogP contribution in [0.5, 0.6) is 0 Å². The van der Waals surface area contributed by atoms with Crippen molar-refractivity contribution < 1.29 is 12.9 Å². The largest absolute Gasteiger partial charge is 0.290 e. The Morgan fingerprint density at radius 2 is 1.17 bits per heavy atom. The molecule has 1 saturated heterocycles. The smallest absolute Gasteiger partial charge is 0.276 e. The first-order chi connectivity index (χ1) is 8.69. The Morgan fingerprint density at radius 3 is 1.50 bits per heavy atom. The van der Waals surface area contributed by atoms with Gasteiger partial charge >= 0.3 is 0 Å². The molecule has 0 radical (unpaired) electrons. The third-order valence-electron chi connectivity index (χ3n) is 2.60. The Hall–Kier alpha value is 1.17. The van der Waals surface area contributed by atoms with E-state index in [4.69, 9.17) is 12.9 Å². The molecule has 0 aromatic rings. The van der Waals surface area contributed by atoms with Gasteiger partial charge in [-0.25, -0.2) is 0 Å². The molecule has 108 valence electrons. The third-order valence-corrected chi connectivity index (χ3v) is 11.8. The molecule has 0 N–H and O–H groups in total. The van der Waals surface area contributed by atoms with Gasteiger partial charge < -0.3 is 0 Å². The van der Waals surface area contributed by atoms with Crippen LogP contribution >= 0.6 is 24.5 Å². The predicted octanol–water partition coefficient (Wildman–Crippen LogP) is 6.16. The molecule has 0 aliphatic carbocycles. The highest BCUT2D eigenvalue weighted by molar-refractivity contribution is 7.82. The van der Waals surface area contributed by atoms with Gasteiger partial charge in [-0.05, 0) is 25.7 Å². The summed E-state index contributed by atoms with van der Waals surface area (Å²) in [5.41, 5.74) is 0. The average Bonchev–Trinajstić information content (AvgIpc) is 2.30. The first kappa shape index (κ1) is 17.2. The van der Waals surface area contributed by atoms with Crippen molar-refractivity contribution in [1.29, 1.82) is 0 Å². The second-order valence-electron chi connectivity index (χ2n) is 4.62. The normalized spacial score (nSPS) is 27.3. The predicted molar refractivity (Wildman–Crippen MR) is 84.6 cm³/mol.